The molecule has 2 aromatic rings. The van der Waals surface area contributed by atoms with E-state index in [2.05, 4.69) is 25.5 Å². The van der Waals surface area contributed by atoms with Gasteiger partial charge in [0.05, 0.1) is 24.9 Å². The minimum Gasteiger partial charge on any atom is -0.497 e. The number of carbonyl (C=O) groups excluding carboxylic acids is 2. The number of nitrogens with one attached hydrogen (secondary N) is 2. The van der Waals surface area contributed by atoms with Crippen LogP contribution in [0.1, 0.15) is 23.3 Å². The molecule has 0 spiro atoms. The summed E-state index contributed by atoms with van der Waals surface area (Å²) in [7, 11) is 1.52. The third kappa shape index (κ3) is 3.49. The number of hydrogen-bond acceptors (Lipinski definition) is 6. The fraction of sp³-hybridized carbons (Fsp3) is 0.400. The number of pyridine rings is 2. The molecular formula is C20H20F2N6O3. The number of nitrogens with zero attached hydrogens (tertiary/aromatic N) is 4. The fourth-order valence-corrected chi connectivity index (χ4v) is 3.98. The van der Waals surface area contributed by atoms with Crippen molar-refractivity contribution in [3.05, 3.63) is 36.2 Å². The Bertz CT molecular complexity index is 1060. The first-order valence-corrected chi connectivity index (χ1v) is 9.90. The van der Waals surface area contributed by atoms with Crippen LogP contribution in [0.15, 0.2) is 30.5 Å². The summed E-state index contributed by atoms with van der Waals surface area (Å²) in [5.41, 5.74) is 0.706. The number of anilines is 3. The lowest BCUT2D eigenvalue weighted by Gasteiger charge is -2.35. The molecule has 0 radical (unpaired) electrons. The fourth-order valence-electron chi connectivity index (χ4n) is 3.98. The Morgan fingerprint density at radius 3 is 2.84 bits per heavy atom. The Hall–Kier alpha value is -3.50. The second kappa shape index (κ2) is 7.03. The largest absolute Gasteiger partial charge is 0.497 e. The number of rotatable bonds is 4. The van der Waals surface area contributed by atoms with Gasteiger partial charge in [0.15, 0.2) is 5.82 Å². The SMILES string of the molecule is COc1ccnc(NC(=O)N2c3nc(C(=O)NC4CC4(F)F)ccc3N3CC[C@H]2C3)c1. The van der Waals surface area contributed by atoms with E-state index >= 15 is 0 Å². The standard InChI is InChI=1S/C20H20F2N6O3/c1-31-12-4-6-23-16(8-12)26-19(30)28-11-5-7-27(10-11)14-3-2-13(24-17(14)28)18(29)25-15-9-20(15,21)22/h2-4,6,8,11,15H,5,7,9-10H2,1H3,(H,25,29)(H,23,26,30)/t11-,15?/m0/s1. The van der Waals surface area contributed by atoms with Gasteiger partial charge >= 0.3 is 6.03 Å². The molecule has 1 saturated carbocycles. The lowest BCUT2D eigenvalue weighted by Crippen LogP contribution is -2.48. The maximum absolute atomic E-state index is 13.2. The van der Waals surface area contributed by atoms with Crippen LogP contribution in [0.5, 0.6) is 5.75 Å². The molecule has 2 fully saturated rings. The van der Waals surface area contributed by atoms with Crippen molar-refractivity contribution in [2.45, 2.75) is 30.8 Å². The number of halogens is 2. The van der Waals surface area contributed by atoms with Crippen molar-refractivity contribution in [3.8, 4) is 5.75 Å². The van der Waals surface area contributed by atoms with Crippen LogP contribution in [-0.4, -0.2) is 60.1 Å². The Morgan fingerprint density at radius 1 is 1.29 bits per heavy atom. The molecule has 2 atom stereocenters. The van der Waals surface area contributed by atoms with Gasteiger partial charge in [0.1, 0.15) is 17.3 Å². The van der Waals surface area contributed by atoms with Gasteiger partial charge in [0.2, 0.25) is 0 Å². The molecule has 2 N–H and O–H groups in total. The van der Waals surface area contributed by atoms with Gasteiger partial charge in [-0.05, 0) is 24.6 Å². The van der Waals surface area contributed by atoms with Gasteiger partial charge < -0.3 is 15.0 Å². The summed E-state index contributed by atoms with van der Waals surface area (Å²) in [5, 5.41) is 5.04. The molecular weight excluding hydrogens is 410 g/mol. The van der Waals surface area contributed by atoms with Crippen LogP contribution in [-0.2, 0) is 0 Å². The zero-order valence-electron chi connectivity index (χ0n) is 16.6. The molecule has 11 heteroatoms. The number of fused-ring (bicyclic) bond motifs is 4. The van der Waals surface area contributed by atoms with Crippen LogP contribution < -0.4 is 25.2 Å². The van der Waals surface area contributed by atoms with Gasteiger partial charge in [-0.2, -0.15) is 0 Å². The highest BCUT2D eigenvalue weighted by Gasteiger charge is 2.58. The first kappa shape index (κ1) is 19.5. The molecule has 5 rings (SSSR count). The van der Waals surface area contributed by atoms with Crippen LogP contribution >= 0.6 is 0 Å². The summed E-state index contributed by atoms with van der Waals surface area (Å²) in [5.74, 6) is -2.37. The van der Waals surface area contributed by atoms with E-state index in [1.165, 1.54) is 24.3 Å². The van der Waals surface area contributed by atoms with Gasteiger partial charge in [-0.1, -0.05) is 0 Å². The molecule has 9 nitrogen and oxygen atoms in total. The molecule has 2 aromatic heterocycles. The number of hydrogen-bond donors (Lipinski definition) is 2. The Labute approximate surface area is 176 Å². The number of ether oxygens (including phenoxy) is 1. The third-order valence-corrected chi connectivity index (χ3v) is 5.74. The van der Waals surface area contributed by atoms with Crippen LogP contribution in [0, 0.1) is 0 Å². The number of aromatic nitrogens is 2. The normalized spacial score (nSPS) is 22.5. The van der Waals surface area contributed by atoms with E-state index in [0.717, 1.165) is 18.7 Å². The molecule has 4 heterocycles. The number of urea groups is 1. The molecule has 3 amide bonds. The highest BCUT2D eigenvalue weighted by molar-refractivity contribution is 6.05. The highest BCUT2D eigenvalue weighted by atomic mass is 19.3. The molecule has 1 unspecified atom stereocenters. The van der Waals surface area contributed by atoms with Gasteiger partial charge in [-0.3, -0.25) is 15.0 Å². The monoisotopic (exact) mass is 430 g/mol. The van der Waals surface area contributed by atoms with Crippen molar-refractivity contribution >= 4 is 29.3 Å². The summed E-state index contributed by atoms with van der Waals surface area (Å²) in [6.45, 7) is 1.40. The predicted molar refractivity (Wildman–Crippen MR) is 108 cm³/mol. The zero-order chi connectivity index (χ0) is 21.8. The number of amides is 3. The summed E-state index contributed by atoms with van der Waals surface area (Å²) < 4.78 is 31.5. The molecule has 1 saturated heterocycles. The summed E-state index contributed by atoms with van der Waals surface area (Å²) in [6.07, 6.45) is 1.89. The minimum atomic E-state index is -2.87. The smallest absolute Gasteiger partial charge is 0.329 e. The topological polar surface area (TPSA) is 99.7 Å². The number of alkyl halides is 2. The van der Waals surface area contributed by atoms with Crippen LogP contribution in [0.2, 0.25) is 0 Å². The van der Waals surface area contributed by atoms with E-state index in [4.69, 9.17) is 4.74 Å². The Morgan fingerprint density at radius 2 is 2.10 bits per heavy atom. The quantitative estimate of drug-likeness (QED) is 0.772. The van der Waals surface area contributed by atoms with Crippen molar-refractivity contribution in [1.82, 2.24) is 15.3 Å². The summed E-state index contributed by atoms with van der Waals surface area (Å²) in [6, 6.07) is 4.72. The second-order valence-corrected chi connectivity index (χ2v) is 7.80. The number of carbonyl (C=O) groups is 2. The van der Waals surface area contributed by atoms with Gasteiger partial charge in [0, 0.05) is 31.8 Å². The van der Waals surface area contributed by atoms with E-state index in [-0.39, 0.29) is 18.2 Å². The maximum Gasteiger partial charge on any atom is 0.329 e. The lowest BCUT2D eigenvalue weighted by molar-refractivity contribution is 0.0845. The zero-order valence-corrected chi connectivity index (χ0v) is 16.6. The van der Waals surface area contributed by atoms with Crippen LogP contribution in [0.3, 0.4) is 0 Å². The molecule has 2 aliphatic heterocycles. The van der Waals surface area contributed by atoms with E-state index in [1.807, 2.05) is 0 Å². The molecule has 31 heavy (non-hydrogen) atoms. The Kier molecular flexibility index (Phi) is 4.42. The van der Waals surface area contributed by atoms with Gasteiger partial charge in [0.25, 0.3) is 11.8 Å². The second-order valence-electron chi connectivity index (χ2n) is 7.80. The van der Waals surface area contributed by atoms with E-state index in [0.29, 0.717) is 23.9 Å². The summed E-state index contributed by atoms with van der Waals surface area (Å²) in [4.78, 5) is 37.7. The third-order valence-electron chi connectivity index (χ3n) is 5.74. The van der Waals surface area contributed by atoms with E-state index < -0.39 is 23.9 Å². The number of methoxy groups -OCH3 is 1. The highest BCUT2D eigenvalue weighted by Crippen LogP contribution is 2.42. The average molecular weight is 430 g/mol. The lowest BCUT2D eigenvalue weighted by atomic mass is 10.1. The van der Waals surface area contributed by atoms with Gasteiger partial charge in [-0.25, -0.2) is 23.5 Å². The predicted octanol–water partition coefficient (Wildman–Crippen LogP) is 2.25. The van der Waals surface area contributed by atoms with Crippen molar-refractivity contribution in [2.75, 3.05) is 35.3 Å². The molecule has 2 bridgehead atoms. The summed E-state index contributed by atoms with van der Waals surface area (Å²) >= 11 is 0. The van der Waals surface area contributed by atoms with Crippen molar-refractivity contribution in [1.29, 1.82) is 0 Å². The average Bonchev–Trinajstić information content (AvgIpc) is 3.15. The molecule has 162 valence electrons. The van der Waals surface area contributed by atoms with Gasteiger partial charge in [-0.15, -0.1) is 0 Å². The van der Waals surface area contributed by atoms with E-state index in [1.54, 1.807) is 18.2 Å². The van der Waals surface area contributed by atoms with Crippen LogP contribution in [0.25, 0.3) is 0 Å². The van der Waals surface area contributed by atoms with E-state index in [9.17, 15) is 18.4 Å². The van der Waals surface area contributed by atoms with Crippen molar-refractivity contribution in [3.63, 3.8) is 0 Å². The minimum absolute atomic E-state index is 0.0127. The van der Waals surface area contributed by atoms with Crippen LogP contribution in [0.4, 0.5) is 30.9 Å². The molecule has 3 aliphatic rings. The Balaban J connectivity index is 1.42. The first-order valence-electron chi connectivity index (χ1n) is 9.90. The first-order chi connectivity index (χ1) is 14.9. The van der Waals surface area contributed by atoms with Crippen molar-refractivity contribution in [2.24, 2.45) is 0 Å². The molecule has 0 aromatic carbocycles. The van der Waals surface area contributed by atoms with Crippen molar-refractivity contribution < 1.29 is 23.1 Å². The maximum atomic E-state index is 13.2. The molecule has 1 aliphatic carbocycles.